The van der Waals surface area contributed by atoms with Gasteiger partial charge in [-0.25, -0.2) is 0 Å². The molecule has 0 aliphatic heterocycles. The van der Waals surface area contributed by atoms with Crippen molar-refractivity contribution in [3.63, 3.8) is 0 Å². The molecule has 136 valence electrons. The molecular weight excluding hydrogens is 402 g/mol. The van der Waals surface area contributed by atoms with E-state index in [9.17, 15) is 0 Å². The van der Waals surface area contributed by atoms with Crippen LogP contribution in [0.5, 0.6) is 0 Å². The van der Waals surface area contributed by atoms with Gasteiger partial charge >= 0.3 is 160 Å². The molecule has 0 saturated carbocycles. The molecule has 0 amide bonds. The molecule has 0 aliphatic rings. The van der Waals surface area contributed by atoms with Gasteiger partial charge in [0.2, 0.25) is 0 Å². The summed E-state index contributed by atoms with van der Waals surface area (Å²) in [5.74, 6) is 0. The van der Waals surface area contributed by atoms with Gasteiger partial charge < -0.3 is 0 Å². The normalized spacial score (nSPS) is 12.6. The fourth-order valence-electron chi connectivity index (χ4n) is 2.64. The summed E-state index contributed by atoms with van der Waals surface area (Å²) in [5, 5.41) is 14.1. The van der Waals surface area contributed by atoms with Crippen LogP contribution in [0.4, 0.5) is 0 Å². The van der Waals surface area contributed by atoms with E-state index in [0.717, 1.165) is 36.3 Å². The predicted molar refractivity (Wildman–Crippen MR) is 95.3 cm³/mol. The Bertz CT molecular complexity index is 734. The Hall–Kier alpha value is -1.27. The number of hydrogen-bond acceptors (Lipinski definition) is 3. The summed E-state index contributed by atoms with van der Waals surface area (Å²) in [6.45, 7) is 6.19. The summed E-state index contributed by atoms with van der Waals surface area (Å²) in [4.78, 5) is 0. The molecule has 0 aromatic carbocycles. The van der Waals surface area contributed by atoms with Crippen molar-refractivity contribution in [3.8, 4) is 0 Å². The van der Waals surface area contributed by atoms with E-state index in [-0.39, 0.29) is 0 Å². The molecule has 3 aromatic rings. The standard InChI is InChI=1S/C16H21N6.2ClH.Mn/c1-4-13-7-10-20(17-13)16(21-11-8-14(5-2)18-21)22-12-9-15(6-3)19-22;;;/h7-12H,4-6H2,1-3H3;2*1H;/q;;;+2/p-2. The van der Waals surface area contributed by atoms with E-state index in [1.807, 2.05) is 36.8 Å². The van der Waals surface area contributed by atoms with Crippen molar-refractivity contribution in [2.75, 3.05) is 0 Å². The molecule has 3 heterocycles. The van der Waals surface area contributed by atoms with E-state index in [1.54, 1.807) is 14.0 Å². The molecule has 0 spiro atoms. The van der Waals surface area contributed by atoms with E-state index >= 15 is 0 Å². The maximum atomic E-state index is 6.65. The van der Waals surface area contributed by atoms with Crippen LogP contribution in [0.2, 0.25) is 0 Å². The molecule has 3 rings (SSSR count). The van der Waals surface area contributed by atoms with E-state index < -0.39 is 16.8 Å². The van der Waals surface area contributed by atoms with Crippen molar-refractivity contribution in [2.24, 2.45) is 0 Å². The molecule has 0 radical (unpaired) electrons. The van der Waals surface area contributed by atoms with E-state index in [2.05, 4.69) is 20.8 Å². The molecule has 0 saturated heterocycles. The van der Waals surface area contributed by atoms with Gasteiger partial charge in [-0.05, 0) is 0 Å². The van der Waals surface area contributed by atoms with Crippen LogP contribution >= 0.6 is 20.2 Å². The van der Waals surface area contributed by atoms with E-state index in [4.69, 9.17) is 35.5 Å². The zero-order valence-electron chi connectivity index (χ0n) is 14.4. The Morgan fingerprint density at radius 2 is 1.08 bits per heavy atom. The van der Waals surface area contributed by atoms with Crippen molar-refractivity contribution < 1.29 is 12.1 Å². The van der Waals surface area contributed by atoms with Crippen molar-refractivity contribution in [1.29, 1.82) is 0 Å². The third-order valence-electron chi connectivity index (χ3n) is 4.09. The Kier molecular flexibility index (Phi) is 5.58. The molecule has 0 atom stereocenters. The Morgan fingerprint density at radius 1 is 0.760 bits per heavy atom. The topological polar surface area (TPSA) is 53.5 Å². The monoisotopic (exact) mass is 422 g/mol. The molecule has 0 unspecified atom stereocenters. The van der Waals surface area contributed by atoms with Crippen LogP contribution in [0.15, 0.2) is 36.8 Å². The maximum absolute atomic E-state index is 6.65. The number of rotatable bonds is 7. The zero-order chi connectivity index (χ0) is 18.0. The second-order valence-corrected chi connectivity index (χ2v) is 9.93. The molecule has 6 nitrogen and oxygen atoms in total. The number of aromatic nitrogens is 6. The van der Waals surface area contributed by atoms with E-state index in [1.165, 1.54) is 0 Å². The van der Waals surface area contributed by atoms with E-state index in [0.29, 0.717) is 0 Å². The zero-order valence-corrected chi connectivity index (χ0v) is 17.1. The van der Waals surface area contributed by atoms with Gasteiger partial charge in [-0.2, -0.15) is 0 Å². The third kappa shape index (κ3) is 3.14. The quantitative estimate of drug-likeness (QED) is 0.547. The van der Waals surface area contributed by atoms with Gasteiger partial charge in [-0.3, -0.25) is 0 Å². The number of aryl methyl sites for hydroxylation is 3. The predicted octanol–water partition coefficient (Wildman–Crippen LogP) is 3.55. The van der Waals surface area contributed by atoms with Crippen LogP contribution in [0, 0.1) is 0 Å². The van der Waals surface area contributed by atoms with Gasteiger partial charge in [0.1, 0.15) is 0 Å². The average molecular weight is 423 g/mol. The first-order chi connectivity index (χ1) is 12.1. The molecule has 0 bridgehead atoms. The molecule has 3 aromatic heterocycles. The fraction of sp³-hybridized carbons (Fsp3) is 0.438. The molecule has 0 aliphatic carbocycles. The van der Waals surface area contributed by atoms with Crippen LogP contribution in [0.25, 0.3) is 0 Å². The Morgan fingerprint density at radius 3 is 1.28 bits per heavy atom. The average Bonchev–Trinajstić information content (AvgIpc) is 3.36. The molecule has 25 heavy (non-hydrogen) atoms. The number of hydrogen-bond donors (Lipinski definition) is 0. The second-order valence-electron chi connectivity index (χ2n) is 5.57. The van der Waals surface area contributed by atoms with Gasteiger partial charge in [0, 0.05) is 0 Å². The first-order valence-corrected chi connectivity index (χ1v) is 12.1. The first kappa shape index (κ1) is 18.5. The molecule has 0 fully saturated rings. The molecule has 9 heteroatoms. The summed E-state index contributed by atoms with van der Waals surface area (Å²) in [5.41, 5.74) is 2.89. The van der Waals surface area contributed by atoms with Crippen molar-refractivity contribution >= 4 is 20.2 Å². The minimum absolute atomic E-state index is 0.828. The van der Waals surface area contributed by atoms with Crippen molar-refractivity contribution in [1.82, 2.24) is 29.3 Å². The van der Waals surface area contributed by atoms with Crippen LogP contribution in [-0.2, 0) is 36.0 Å². The van der Waals surface area contributed by atoms with Crippen LogP contribution in [0.1, 0.15) is 37.9 Å². The molecular formula is C16H21Cl2MnN6. The van der Waals surface area contributed by atoms with Crippen LogP contribution in [-0.4, -0.2) is 29.3 Å². The summed E-state index contributed by atoms with van der Waals surface area (Å²) >= 11 is -2.05. The van der Waals surface area contributed by atoms with Crippen LogP contribution < -0.4 is 0 Å². The summed E-state index contributed by atoms with van der Waals surface area (Å²) in [7, 11) is 13.3. The van der Waals surface area contributed by atoms with Crippen molar-refractivity contribution in [2.45, 2.75) is 44.7 Å². The van der Waals surface area contributed by atoms with Crippen molar-refractivity contribution in [3.05, 3.63) is 53.9 Å². The van der Waals surface area contributed by atoms with Gasteiger partial charge in [-0.15, -0.1) is 0 Å². The Balaban J connectivity index is 2.27. The number of halogens is 2. The second kappa shape index (κ2) is 7.54. The van der Waals surface area contributed by atoms with Gasteiger partial charge in [0.25, 0.3) is 0 Å². The van der Waals surface area contributed by atoms with Gasteiger partial charge in [0.15, 0.2) is 0 Å². The van der Waals surface area contributed by atoms with Gasteiger partial charge in [-0.1, -0.05) is 0 Å². The first-order valence-electron chi connectivity index (χ1n) is 8.24. The SMILES string of the molecule is CCc1ccn([C](n2ccc(CC)n2)(n2ccc(CC)n2)[Mn]([Cl])[Cl])n1. The Labute approximate surface area is 160 Å². The summed E-state index contributed by atoms with van der Waals surface area (Å²) in [6, 6.07) is 5.92. The van der Waals surface area contributed by atoms with Gasteiger partial charge in [0.05, 0.1) is 0 Å². The number of nitrogens with zero attached hydrogens (tertiary/aromatic N) is 6. The summed E-state index contributed by atoms with van der Waals surface area (Å²) < 4.78 is 4.37. The van der Waals surface area contributed by atoms with Crippen LogP contribution in [0.3, 0.4) is 0 Å². The fourth-order valence-corrected chi connectivity index (χ4v) is 5.31. The molecule has 0 N–H and O–H groups in total. The third-order valence-corrected chi connectivity index (χ3v) is 7.08. The minimum atomic E-state index is -2.05. The summed E-state index contributed by atoms with van der Waals surface area (Å²) in [6.07, 6.45) is 8.18.